The van der Waals surface area contributed by atoms with Crippen LogP contribution in [0.1, 0.15) is 0 Å². The molecule has 0 saturated carbocycles. The average Bonchev–Trinajstić information content (AvgIpc) is 1.00. The minimum atomic E-state index is 0. The Morgan fingerprint density at radius 3 is 1.17 bits per heavy atom. The van der Waals surface area contributed by atoms with Crippen molar-refractivity contribution in [1.82, 2.24) is 0 Å². The molecule has 0 spiro atoms. The molecule has 0 N–H and O–H groups in total. The Kier molecular flexibility index (Phi) is 147. The molecule has 0 nitrogen and oxygen atoms in total. The third-order valence-corrected chi connectivity index (χ3v) is 0. The molecular weight excluding hydrogens is 768 g/mol. The zero-order chi connectivity index (χ0) is 2.00. The van der Waals surface area contributed by atoms with Gasteiger partial charge in [-0.1, -0.05) is 0 Å². The topological polar surface area (TPSA) is 0 Å². The smallest absolute Gasteiger partial charge is 0 e. The van der Waals surface area contributed by atoms with Gasteiger partial charge in [0.2, 0.25) is 0 Å². The Morgan fingerprint density at radius 2 is 1.17 bits per heavy atom. The molecule has 6 heteroatoms. The molecule has 48 valence electrons. The Bertz CT molecular complexity index is 15.5. The number of halogens is 1. The van der Waals surface area contributed by atoms with Gasteiger partial charge in [-0.2, -0.15) is 0 Å². The van der Waals surface area contributed by atoms with Crippen LogP contribution in [0.2, 0.25) is 0 Å². The Hall–Kier alpha value is 6.54. The van der Waals surface area contributed by atoms with Crippen LogP contribution in [-0.2, 0) is 32.7 Å². The Balaban J connectivity index is -0.000000000833. The molecule has 0 aliphatic heterocycles. The van der Waals surface area contributed by atoms with Crippen molar-refractivity contribution in [3.8, 4) is 0 Å². The first kappa shape index (κ1) is 29.4. The number of hydrogen-bond donors (Lipinski definition) is 0. The molecule has 3 radical (unpaired) electrons. The van der Waals surface area contributed by atoms with Gasteiger partial charge in [-0.15, -0.1) is 0 Å². The molecule has 0 aromatic heterocycles. The van der Waals surface area contributed by atoms with Gasteiger partial charge in [0.1, 0.15) is 0 Å². The Labute approximate surface area is 183 Å². The fourth-order valence-corrected chi connectivity index (χ4v) is 0. The summed E-state index contributed by atoms with van der Waals surface area (Å²) < 4.78 is 0. The van der Waals surface area contributed by atoms with Gasteiger partial charge >= 0.3 is 42.3 Å². The monoisotopic (exact) mass is 770 g/mol. The fourth-order valence-electron chi connectivity index (χ4n) is 0. The molecule has 0 aromatic carbocycles. The second-order valence-electron chi connectivity index (χ2n) is 0. The maximum absolute atomic E-state index is 4.67. The molecule has 0 aliphatic carbocycles. The van der Waals surface area contributed by atoms with Crippen molar-refractivity contribution in [1.29, 1.82) is 0 Å². The molecule has 0 fully saturated rings. The van der Waals surface area contributed by atoms with E-state index < -0.39 is 0 Å². The van der Waals surface area contributed by atoms with Gasteiger partial charge in [0, 0.05) is 147 Å². The van der Waals surface area contributed by atoms with Crippen LogP contribution in [0.5, 0.6) is 0 Å². The molecule has 0 amide bonds. The second kappa shape index (κ2) is 30.0. The zero-order valence-corrected chi connectivity index (χ0v) is 14.2. The van der Waals surface area contributed by atoms with Gasteiger partial charge in [0.05, 0.1) is 0 Å². The van der Waals surface area contributed by atoms with E-state index in [9.17, 15) is 0 Å². The molecule has 0 aromatic rings. The van der Waals surface area contributed by atoms with Crippen molar-refractivity contribution in [3.63, 3.8) is 0 Å². The summed E-state index contributed by atoms with van der Waals surface area (Å²) >= 11 is 1.33. The molecule has 0 atom stereocenters. The van der Waals surface area contributed by atoms with Crippen molar-refractivity contribution in [2.75, 3.05) is 0 Å². The normalized spacial score (nSPS) is 1.00. The summed E-state index contributed by atoms with van der Waals surface area (Å²) in [4.78, 5) is 0. The van der Waals surface area contributed by atoms with Crippen LogP contribution in [-0.4, -0.2) is 0 Å². The molecule has 0 unspecified atom stereocenters. The average molecular weight is 768 g/mol. The molecule has 0 rings (SSSR count). The van der Waals surface area contributed by atoms with Crippen LogP contribution >= 0.6 is 5.97 Å². The molecule has 6 heavy (non-hydrogen) atoms. The van der Waals surface area contributed by atoms with Crippen molar-refractivity contribution >= 4 is 5.97 Å². The summed E-state index contributed by atoms with van der Waals surface area (Å²) in [5, 5.41) is 0. The summed E-state index contributed by atoms with van der Waals surface area (Å²) in [6, 6.07) is 0. The summed E-state index contributed by atoms with van der Waals surface area (Å²) in [6.45, 7) is 0. The second-order valence-corrected chi connectivity index (χ2v) is 0. The largest absolute Gasteiger partial charge is 0 e. The first-order chi connectivity index (χ1) is 1.00. The van der Waals surface area contributed by atoms with Crippen molar-refractivity contribution in [2.24, 2.45) is 0 Å². The van der Waals surface area contributed by atoms with E-state index in [1.165, 1.54) is 36.4 Å². The zero-order valence-electron chi connectivity index (χ0n) is 2.26. The third-order valence-electron chi connectivity index (χ3n) is 0. The molecule has 0 aliphatic rings. The van der Waals surface area contributed by atoms with E-state index in [2.05, 4.69) is 5.97 Å². The molecule has 0 saturated heterocycles. The van der Waals surface area contributed by atoms with Gasteiger partial charge in [-0.3, -0.25) is 0 Å². The van der Waals surface area contributed by atoms with Crippen LogP contribution in [0.15, 0.2) is 0 Å². The quantitative estimate of drug-likeness (QED) is 0.319. The Morgan fingerprint density at radius 1 is 1.17 bits per heavy atom. The van der Waals surface area contributed by atoms with Crippen LogP contribution < -0.4 is 0 Å². The first-order valence-corrected chi connectivity index (χ1v) is 2.97. The van der Waals surface area contributed by atoms with E-state index >= 15 is 0 Å². The van der Waals surface area contributed by atoms with Gasteiger partial charge in [0.15, 0.2) is 0 Å². The maximum Gasteiger partial charge on any atom is 0 e. The summed E-state index contributed by atoms with van der Waals surface area (Å²) in [5.74, 6) is 4.67. The van der Waals surface area contributed by atoms with Crippen molar-refractivity contribution in [2.45, 2.75) is 0 Å². The summed E-state index contributed by atoms with van der Waals surface area (Å²) in [7, 11) is 0. The van der Waals surface area contributed by atoms with Crippen LogP contribution in [0.25, 0.3) is 0 Å². The number of rotatable bonds is 0. The van der Waals surface area contributed by atoms with Crippen LogP contribution in [0.4, 0.5) is 0 Å². The molecule has 0 bridgehead atoms. The number of hydrogen-bond acceptors (Lipinski definition) is 0. The van der Waals surface area contributed by atoms with Crippen molar-refractivity contribution < 1.29 is 184 Å². The minimum absolute atomic E-state index is 0. The van der Waals surface area contributed by atoms with Crippen molar-refractivity contribution in [3.05, 3.63) is 0 Å². The predicted octanol–water partition coefficient (Wildman–Crippen LogP) is 0.687. The fraction of sp³-hybridized carbons (Fsp3) is 0. The first-order valence-electron chi connectivity index (χ1n) is 0.134. The SMILES string of the molecule is [Cl][Gd].[Dy].[Ho].[Tb].[Y]. The van der Waals surface area contributed by atoms with Gasteiger partial charge in [-0.25, -0.2) is 0 Å². The van der Waals surface area contributed by atoms with E-state index in [4.69, 9.17) is 0 Å². The van der Waals surface area contributed by atoms with E-state index in [-0.39, 0.29) is 147 Å². The standard InChI is InChI=1S/ClH.Dy.Gd.Ho.Tb.Y/h1H;;;;;/q;;+1;;;/p-1. The third kappa shape index (κ3) is 22.4. The van der Waals surface area contributed by atoms with Crippen LogP contribution in [0, 0.1) is 151 Å². The van der Waals surface area contributed by atoms with E-state index in [1.54, 1.807) is 0 Å². The molecular formula is ClDyGdHoTbY. The predicted molar refractivity (Wildman–Crippen MR) is 5.85 cm³/mol. The van der Waals surface area contributed by atoms with E-state index in [1.807, 2.05) is 0 Å². The maximum atomic E-state index is 4.67. The van der Waals surface area contributed by atoms with Crippen LogP contribution in [0.3, 0.4) is 0 Å². The van der Waals surface area contributed by atoms with E-state index in [0.29, 0.717) is 0 Å². The minimum Gasteiger partial charge on any atom is 0 e. The van der Waals surface area contributed by atoms with Gasteiger partial charge in [0.25, 0.3) is 0 Å². The summed E-state index contributed by atoms with van der Waals surface area (Å²) in [6.07, 6.45) is 0. The van der Waals surface area contributed by atoms with Gasteiger partial charge < -0.3 is 0 Å². The van der Waals surface area contributed by atoms with Gasteiger partial charge in [-0.05, 0) is 0 Å². The van der Waals surface area contributed by atoms with E-state index in [0.717, 1.165) is 0 Å². The molecule has 0 heterocycles. The summed E-state index contributed by atoms with van der Waals surface area (Å²) in [5.41, 5.74) is 0.